The van der Waals surface area contributed by atoms with Gasteiger partial charge < -0.3 is 10.2 Å². The topological polar surface area (TPSA) is 50.2 Å². The van der Waals surface area contributed by atoms with E-state index < -0.39 is 0 Å². The molecule has 2 aromatic rings. The summed E-state index contributed by atoms with van der Waals surface area (Å²) in [4.78, 5) is 14.5. The summed E-state index contributed by atoms with van der Waals surface area (Å²) < 4.78 is 14.7. The molecule has 1 aliphatic heterocycles. The van der Waals surface area contributed by atoms with E-state index in [-0.39, 0.29) is 11.7 Å². The van der Waals surface area contributed by atoms with Crippen molar-refractivity contribution in [3.05, 3.63) is 48.0 Å². The number of carbonyl (C=O) groups is 1. The zero-order chi connectivity index (χ0) is 16.1. The highest BCUT2D eigenvalue weighted by Crippen LogP contribution is 2.10. The van der Waals surface area contributed by atoms with Crippen molar-refractivity contribution in [2.24, 2.45) is 0 Å². The van der Waals surface area contributed by atoms with Crippen molar-refractivity contribution in [1.82, 2.24) is 20.0 Å². The lowest BCUT2D eigenvalue weighted by atomic mass is 10.1. The van der Waals surface area contributed by atoms with Crippen LogP contribution in [0.5, 0.6) is 0 Å². The summed E-state index contributed by atoms with van der Waals surface area (Å²) in [6.07, 6.45) is 5.45. The van der Waals surface area contributed by atoms with Crippen LogP contribution in [0.3, 0.4) is 0 Å². The molecule has 1 amide bonds. The lowest BCUT2D eigenvalue weighted by Crippen LogP contribution is -2.37. The lowest BCUT2D eigenvalue weighted by molar-refractivity contribution is 0.0941. The van der Waals surface area contributed by atoms with Gasteiger partial charge in [-0.15, -0.1) is 0 Å². The number of hydrogen-bond donors (Lipinski definition) is 1. The molecule has 122 valence electrons. The number of amides is 1. The van der Waals surface area contributed by atoms with Crippen LogP contribution in [0.2, 0.25) is 0 Å². The SMILES string of the molecule is O=C(NCCN1CCCCC1)c1ccn(-c2cccc(F)c2)n1. The van der Waals surface area contributed by atoms with Gasteiger partial charge in [-0.3, -0.25) is 4.79 Å². The van der Waals surface area contributed by atoms with Crippen molar-refractivity contribution < 1.29 is 9.18 Å². The summed E-state index contributed by atoms with van der Waals surface area (Å²) >= 11 is 0. The number of rotatable bonds is 5. The summed E-state index contributed by atoms with van der Waals surface area (Å²) in [6, 6.07) is 7.76. The van der Waals surface area contributed by atoms with Gasteiger partial charge in [-0.1, -0.05) is 12.5 Å². The van der Waals surface area contributed by atoms with Gasteiger partial charge >= 0.3 is 0 Å². The smallest absolute Gasteiger partial charge is 0.271 e. The van der Waals surface area contributed by atoms with Crippen LogP contribution in [0.15, 0.2) is 36.5 Å². The Morgan fingerprint density at radius 1 is 1.22 bits per heavy atom. The molecular formula is C17H21FN4O. The number of nitrogens with one attached hydrogen (secondary N) is 1. The van der Waals surface area contributed by atoms with Crippen LogP contribution in [0.25, 0.3) is 5.69 Å². The summed E-state index contributed by atoms with van der Waals surface area (Å²) in [5.41, 5.74) is 0.935. The summed E-state index contributed by atoms with van der Waals surface area (Å²) in [5, 5.41) is 7.10. The van der Waals surface area contributed by atoms with E-state index >= 15 is 0 Å². The van der Waals surface area contributed by atoms with Gasteiger partial charge in [0, 0.05) is 19.3 Å². The predicted octanol–water partition coefficient (Wildman–Crippen LogP) is 2.23. The fraction of sp³-hybridized carbons (Fsp3) is 0.412. The Morgan fingerprint density at radius 3 is 2.83 bits per heavy atom. The van der Waals surface area contributed by atoms with Gasteiger partial charge in [-0.05, 0) is 50.2 Å². The van der Waals surface area contributed by atoms with E-state index in [4.69, 9.17) is 0 Å². The third-order valence-electron chi connectivity index (χ3n) is 4.06. The molecule has 5 nitrogen and oxygen atoms in total. The molecule has 1 aromatic carbocycles. The van der Waals surface area contributed by atoms with Crippen molar-refractivity contribution in [3.8, 4) is 5.69 Å². The fourth-order valence-electron chi connectivity index (χ4n) is 2.81. The Balaban J connectivity index is 1.54. The van der Waals surface area contributed by atoms with Gasteiger partial charge in [0.15, 0.2) is 5.69 Å². The number of likely N-dealkylation sites (tertiary alicyclic amines) is 1. The number of benzene rings is 1. The van der Waals surface area contributed by atoms with Crippen molar-refractivity contribution in [1.29, 1.82) is 0 Å². The molecule has 23 heavy (non-hydrogen) atoms. The Morgan fingerprint density at radius 2 is 2.04 bits per heavy atom. The van der Waals surface area contributed by atoms with Gasteiger partial charge in [-0.2, -0.15) is 5.10 Å². The highest BCUT2D eigenvalue weighted by Gasteiger charge is 2.12. The Hall–Kier alpha value is -2.21. The van der Waals surface area contributed by atoms with Gasteiger partial charge in [0.2, 0.25) is 0 Å². The molecule has 1 aliphatic rings. The summed E-state index contributed by atoms with van der Waals surface area (Å²) in [6.45, 7) is 3.72. The predicted molar refractivity (Wildman–Crippen MR) is 86.1 cm³/mol. The van der Waals surface area contributed by atoms with Gasteiger partial charge in [0.05, 0.1) is 5.69 Å². The quantitative estimate of drug-likeness (QED) is 0.920. The third-order valence-corrected chi connectivity index (χ3v) is 4.06. The Kier molecular flexibility index (Phi) is 5.02. The van der Waals surface area contributed by atoms with E-state index in [9.17, 15) is 9.18 Å². The molecule has 1 N–H and O–H groups in total. The van der Waals surface area contributed by atoms with Gasteiger partial charge in [0.25, 0.3) is 5.91 Å². The molecule has 0 radical (unpaired) electrons. The highest BCUT2D eigenvalue weighted by molar-refractivity contribution is 5.92. The number of aromatic nitrogens is 2. The average Bonchev–Trinajstić information content (AvgIpc) is 3.06. The first kappa shape index (κ1) is 15.7. The first-order chi connectivity index (χ1) is 11.2. The van der Waals surface area contributed by atoms with Crippen LogP contribution in [0.1, 0.15) is 29.8 Å². The minimum Gasteiger partial charge on any atom is -0.349 e. The minimum atomic E-state index is -0.328. The molecule has 1 saturated heterocycles. The maximum Gasteiger partial charge on any atom is 0.271 e. The number of halogens is 1. The normalized spacial score (nSPS) is 15.5. The van der Waals surface area contributed by atoms with Crippen LogP contribution < -0.4 is 5.32 Å². The first-order valence-corrected chi connectivity index (χ1v) is 8.04. The third kappa shape index (κ3) is 4.16. The Labute approximate surface area is 135 Å². The van der Waals surface area contributed by atoms with Crippen LogP contribution in [-0.2, 0) is 0 Å². The van der Waals surface area contributed by atoms with E-state index in [1.54, 1.807) is 24.4 Å². The maximum absolute atomic E-state index is 13.2. The van der Waals surface area contributed by atoms with Crippen LogP contribution in [0.4, 0.5) is 4.39 Å². The second-order valence-electron chi connectivity index (χ2n) is 5.78. The first-order valence-electron chi connectivity index (χ1n) is 8.04. The monoisotopic (exact) mass is 316 g/mol. The second kappa shape index (κ2) is 7.37. The molecule has 0 aliphatic carbocycles. The molecular weight excluding hydrogens is 295 g/mol. The molecule has 1 fully saturated rings. The van der Waals surface area contributed by atoms with Crippen molar-refractivity contribution >= 4 is 5.91 Å². The van der Waals surface area contributed by atoms with E-state index in [1.807, 2.05) is 0 Å². The largest absolute Gasteiger partial charge is 0.349 e. The van der Waals surface area contributed by atoms with E-state index in [1.165, 1.54) is 36.1 Å². The van der Waals surface area contributed by atoms with Gasteiger partial charge in [0.1, 0.15) is 5.82 Å². The van der Waals surface area contributed by atoms with E-state index in [0.717, 1.165) is 19.6 Å². The van der Waals surface area contributed by atoms with Crippen LogP contribution in [-0.4, -0.2) is 46.8 Å². The minimum absolute atomic E-state index is 0.197. The van der Waals surface area contributed by atoms with Crippen molar-refractivity contribution in [3.63, 3.8) is 0 Å². The molecule has 0 saturated carbocycles. The van der Waals surface area contributed by atoms with E-state index in [2.05, 4.69) is 15.3 Å². The molecule has 0 bridgehead atoms. The molecule has 3 rings (SSSR count). The molecule has 0 unspecified atom stereocenters. The van der Waals surface area contributed by atoms with Crippen molar-refractivity contribution in [2.75, 3.05) is 26.2 Å². The standard InChI is InChI=1S/C17H21FN4O/c18-14-5-4-6-15(13-14)22-11-7-16(20-22)17(23)19-8-12-21-9-2-1-3-10-21/h4-7,11,13H,1-3,8-10,12H2,(H,19,23). The molecule has 0 spiro atoms. The summed E-state index contributed by atoms with van der Waals surface area (Å²) in [7, 11) is 0. The molecule has 0 atom stereocenters. The van der Waals surface area contributed by atoms with Crippen LogP contribution in [0, 0.1) is 5.82 Å². The lowest BCUT2D eigenvalue weighted by Gasteiger charge is -2.26. The molecule has 2 heterocycles. The number of hydrogen-bond acceptors (Lipinski definition) is 3. The average molecular weight is 316 g/mol. The second-order valence-corrected chi connectivity index (χ2v) is 5.78. The fourth-order valence-corrected chi connectivity index (χ4v) is 2.81. The zero-order valence-electron chi connectivity index (χ0n) is 13.0. The molecule has 6 heteroatoms. The number of carbonyl (C=O) groups excluding carboxylic acids is 1. The maximum atomic E-state index is 13.2. The molecule has 1 aromatic heterocycles. The zero-order valence-corrected chi connectivity index (χ0v) is 13.0. The van der Waals surface area contributed by atoms with Crippen molar-refractivity contribution in [2.45, 2.75) is 19.3 Å². The number of piperidine rings is 1. The van der Waals surface area contributed by atoms with E-state index in [0.29, 0.717) is 17.9 Å². The van der Waals surface area contributed by atoms with Crippen LogP contribution >= 0.6 is 0 Å². The summed E-state index contributed by atoms with van der Waals surface area (Å²) in [5.74, 6) is -0.525. The highest BCUT2D eigenvalue weighted by atomic mass is 19.1. The van der Waals surface area contributed by atoms with Gasteiger partial charge in [-0.25, -0.2) is 9.07 Å². The Bertz CT molecular complexity index is 664. The number of nitrogens with zero attached hydrogens (tertiary/aromatic N) is 3.